The molecule has 1 fully saturated rings. The SMILES string of the molecule is CCc1nc(C(C)C)c2c(n1)N1CCCCCC1CN2. The van der Waals surface area contributed by atoms with E-state index in [2.05, 4.69) is 31.0 Å². The molecule has 1 aromatic heterocycles. The monoisotopic (exact) mass is 274 g/mol. The number of hydrogen-bond acceptors (Lipinski definition) is 4. The van der Waals surface area contributed by atoms with Gasteiger partial charge in [0, 0.05) is 25.6 Å². The minimum atomic E-state index is 0.438. The molecule has 20 heavy (non-hydrogen) atoms. The molecular formula is C16H26N4. The van der Waals surface area contributed by atoms with Crippen LogP contribution in [0.3, 0.4) is 0 Å². The third kappa shape index (κ3) is 2.36. The molecule has 4 heteroatoms. The van der Waals surface area contributed by atoms with Gasteiger partial charge in [0.25, 0.3) is 0 Å². The molecule has 1 saturated heterocycles. The lowest BCUT2D eigenvalue weighted by molar-refractivity contribution is 0.572. The van der Waals surface area contributed by atoms with E-state index in [0.29, 0.717) is 12.0 Å². The first-order valence-electron chi connectivity index (χ1n) is 8.12. The molecule has 0 aromatic carbocycles. The van der Waals surface area contributed by atoms with Crippen molar-refractivity contribution in [3.63, 3.8) is 0 Å². The molecule has 110 valence electrons. The van der Waals surface area contributed by atoms with Crippen molar-refractivity contribution in [2.45, 2.75) is 64.8 Å². The summed E-state index contributed by atoms with van der Waals surface area (Å²) < 4.78 is 0. The molecule has 0 amide bonds. The summed E-state index contributed by atoms with van der Waals surface area (Å²) in [7, 11) is 0. The van der Waals surface area contributed by atoms with E-state index in [1.165, 1.54) is 42.9 Å². The second-order valence-corrected chi connectivity index (χ2v) is 6.31. The van der Waals surface area contributed by atoms with Crippen LogP contribution in [0.4, 0.5) is 11.5 Å². The Morgan fingerprint density at radius 2 is 2.10 bits per heavy atom. The first-order chi connectivity index (χ1) is 9.70. The fourth-order valence-electron chi connectivity index (χ4n) is 3.35. The smallest absolute Gasteiger partial charge is 0.156 e. The first-order valence-corrected chi connectivity index (χ1v) is 8.12. The molecule has 4 nitrogen and oxygen atoms in total. The molecule has 1 N–H and O–H groups in total. The third-order valence-corrected chi connectivity index (χ3v) is 4.49. The Morgan fingerprint density at radius 1 is 1.25 bits per heavy atom. The summed E-state index contributed by atoms with van der Waals surface area (Å²) in [4.78, 5) is 12.2. The molecule has 0 spiro atoms. The van der Waals surface area contributed by atoms with Gasteiger partial charge >= 0.3 is 0 Å². The van der Waals surface area contributed by atoms with Gasteiger partial charge in [0.2, 0.25) is 0 Å². The van der Waals surface area contributed by atoms with E-state index in [1.807, 2.05) is 0 Å². The molecule has 3 rings (SSSR count). The topological polar surface area (TPSA) is 41.1 Å². The van der Waals surface area contributed by atoms with E-state index in [0.717, 1.165) is 25.3 Å². The lowest BCUT2D eigenvalue weighted by atomic mass is 10.0. The van der Waals surface area contributed by atoms with Crippen molar-refractivity contribution in [2.75, 3.05) is 23.3 Å². The van der Waals surface area contributed by atoms with Gasteiger partial charge in [-0.3, -0.25) is 0 Å². The van der Waals surface area contributed by atoms with Crippen molar-refractivity contribution in [1.82, 2.24) is 9.97 Å². The van der Waals surface area contributed by atoms with Crippen LogP contribution in [-0.2, 0) is 6.42 Å². The van der Waals surface area contributed by atoms with Crippen LogP contribution in [0.2, 0.25) is 0 Å². The normalized spacial score (nSPS) is 22.0. The summed E-state index contributed by atoms with van der Waals surface area (Å²) in [6, 6.07) is 0.615. The second kappa shape index (κ2) is 5.58. The molecule has 3 heterocycles. The van der Waals surface area contributed by atoms with Crippen LogP contribution < -0.4 is 10.2 Å². The number of nitrogens with one attached hydrogen (secondary N) is 1. The van der Waals surface area contributed by atoms with Gasteiger partial charge in [-0.1, -0.05) is 33.6 Å². The van der Waals surface area contributed by atoms with E-state index in [1.54, 1.807) is 0 Å². The predicted octanol–water partition coefficient (Wildman–Crippen LogP) is 3.34. The Hall–Kier alpha value is -1.32. The van der Waals surface area contributed by atoms with Gasteiger partial charge in [-0.2, -0.15) is 0 Å². The maximum atomic E-state index is 4.85. The number of anilines is 2. The number of rotatable bonds is 2. The number of hydrogen-bond donors (Lipinski definition) is 1. The van der Waals surface area contributed by atoms with E-state index in [-0.39, 0.29) is 0 Å². The third-order valence-electron chi connectivity index (χ3n) is 4.49. The largest absolute Gasteiger partial charge is 0.378 e. The van der Waals surface area contributed by atoms with Gasteiger partial charge in [-0.05, 0) is 18.8 Å². The summed E-state index contributed by atoms with van der Waals surface area (Å²) in [6.07, 6.45) is 6.19. The van der Waals surface area contributed by atoms with Gasteiger partial charge in [0.1, 0.15) is 5.82 Å². The van der Waals surface area contributed by atoms with Crippen LogP contribution in [0.25, 0.3) is 0 Å². The minimum Gasteiger partial charge on any atom is -0.378 e. The van der Waals surface area contributed by atoms with Crippen molar-refractivity contribution >= 4 is 11.5 Å². The minimum absolute atomic E-state index is 0.438. The molecule has 1 atom stereocenters. The predicted molar refractivity (Wildman–Crippen MR) is 83.6 cm³/mol. The first kappa shape index (κ1) is 13.7. The molecule has 0 bridgehead atoms. The van der Waals surface area contributed by atoms with Crippen LogP contribution in [0, 0.1) is 0 Å². The van der Waals surface area contributed by atoms with Crippen molar-refractivity contribution < 1.29 is 0 Å². The highest BCUT2D eigenvalue weighted by Crippen LogP contribution is 2.37. The molecular weight excluding hydrogens is 248 g/mol. The van der Waals surface area contributed by atoms with Crippen molar-refractivity contribution in [3.05, 3.63) is 11.5 Å². The lowest BCUT2D eigenvalue weighted by Gasteiger charge is -2.38. The van der Waals surface area contributed by atoms with Crippen LogP contribution in [-0.4, -0.2) is 29.1 Å². The number of aromatic nitrogens is 2. The molecule has 0 saturated carbocycles. The second-order valence-electron chi connectivity index (χ2n) is 6.31. The maximum absolute atomic E-state index is 4.85. The van der Waals surface area contributed by atoms with E-state index in [4.69, 9.17) is 9.97 Å². The van der Waals surface area contributed by atoms with Crippen LogP contribution in [0.15, 0.2) is 0 Å². The summed E-state index contributed by atoms with van der Waals surface area (Å²) in [5.74, 6) is 2.59. The van der Waals surface area contributed by atoms with Crippen molar-refractivity contribution in [2.24, 2.45) is 0 Å². The molecule has 1 aromatic rings. The highest BCUT2D eigenvalue weighted by Gasteiger charge is 2.31. The van der Waals surface area contributed by atoms with E-state index >= 15 is 0 Å². The highest BCUT2D eigenvalue weighted by molar-refractivity contribution is 5.71. The van der Waals surface area contributed by atoms with Gasteiger partial charge in [-0.25, -0.2) is 9.97 Å². The lowest BCUT2D eigenvalue weighted by Crippen LogP contribution is -2.44. The van der Waals surface area contributed by atoms with E-state index in [9.17, 15) is 0 Å². The average molecular weight is 274 g/mol. The number of fused-ring (bicyclic) bond motifs is 3. The zero-order valence-electron chi connectivity index (χ0n) is 12.9. The maximum Gasteiger partial charge on any atom is 0.156 e. The average Bonchev–Trinajstić information content (AvgIpc) is 2.71. The molecule has 0 radical (unpaired) electrons. The fraction of sp³-hybridized carbons (Fsp3) is 0.750. The summed E-state index contributed by atoms with van der Waals surface area (Å²) in [5, 5.41) is 3.62. The summed E-state index contributed by atoms with van der Waals surface area (Å²) in [5.41, 5.74) is 2.38. The van der Waals surface area contributed by atoms with Gasteiger partial charge in [0.05, 0.1) is 11.4 Å². The number of aryl methyl sites for hydroxylation is 1. The van der Waals surface area contributed by atoms with Crippen molar-refractivity contribution in [3.8, 4) is 0 Å². The Balaban J connectivity index is 2.06. The quantitative estimate of drug-likeness (QED) is 0.898. The molecule has 2 aliphatic rings. The van der Waals surface area contributed by atoms with Gasteiger partial charge < -0.3 is 10.2 Å². The highest BCUT2D eigenvalue weighted by atomic mass is 15.3. The Bertz CT molecular complexity index is 484. The van der Waals surface area contributed by atoms with E-state index < -0.39 is 0 Å². The fourth-order valence-corrected chi connectivity index (χ4v) is 3.35. The number of nitrogens with zero attached hydrogens (tertiary/aromatic N) is 3. The van der Waals surface area contributed by atoms with Crippen LogP contribution in [0.1, 0.15) is 63.9 Å². The standard InChI is InChI=1S/C16H26N4/c1-4-13-18-14(11(2)3)15-16(19-13)20-9-7-5-6-8-12(20)10-17-15/h11-12,17H,4-10H2,1-3H3. The Labute approximate surface area is 122 Å². The van der Waals surface area contributed by atoms with Gasteiger partial charge in [0.15, 0.2) is 5.82 Å². The molecule has 2 aliphatic heterocycles. The Morgan fingerprint density at radius 3 is 2.85 bits per heavy atom. The summed E-state index contributed by atoms with van der Waals surface area (Å²) in [6.45, 7) is 8.77. The zero-order chi connectivity index (χ0) is 14.1. The Kier molecular flexibility index (Phi) is 3.81. The van der Waals surface area contributed by atoms with Crippen LogP contribution >= 0.6 is 0 Å². The summed E-state index contributed by atoms with van der Waals surface area (Å²) >= 11 is 0. The zero-order valence-corrected chi connectivity index (χ0v) is 12.9. The molecule has 0 aliphatic carbocycles. The molecule has 1 unspecified atom stereocenters. The van der Waals surface area contributed by atoms with Gasteiger partial charge in [-0.15, -0.1) is 0 Å². The van der Waals surface area contributed by atoms with Crippen molar-refractivity contribution in [1.29, 1.82) is 0 Å². The van der Waals surface area contributed by atoms with Crippen LogP contribution in [0.5, 0.6) is 0 Å².